The first-order valence-electron chi connectivity index (χ1n) is 10.9. The molecule has 1 heterocycles. The molecule has 9 nitrogen and oxygen atoms in total. The minimum Gasteiger partial charge on any atom is -0.372 e. The van der Waals surface area contributed by atoms with Crippen LogP contribution in [0.2, 0.25) is 0 Å². The Morgan fingerprint density at radius 3 is 2.31 bits per heavy atom. The minimum absolute atomic E-state index is 0.00347. The number of nitrogens with zero attached hydrogens (tertiary/aromatic N) is 3. The van der Waals surface area contributed by atoms with Crippen LogP contribution >= 0.6 is 11.3 Å². The van der Waals surface area contributed by atoms with Crippen molar-refractivity contribution in [3.05, 3.63) is 98.5 Å². The topological polar surface area (TPSA) is 117 Å². The number of hydrogen-bond donors (Lipinski definition) is 2. The van der Waals surface area contributed by atoms with Crippen LogP contribution in [0, 0.1) is 10.1 Å². The predicted molar refractivity (Wildman–Crippen MR) is 139 cm³/mol. The fraction of sp³-hybridized carbons (Fsp3) is 0.160. The van der Waals surface area contributed by atoms with Gasteiger partial charge in [0.1, 0.15) is 5.70 Å². The second-order valence-electron chi connectivity index (χ2n) is 7.27. The fourth-order valence-corrected chi connectivity index (χ4v) is 3.90. The summed E-state index contributed by atoms with van der Waals surface area (Å²) in [6.45, 7) is 5.90. The summed E-state index contributed by atoms with van der Waals surface area (Å²) in [5.74, 6) is -1.07. The van der Waals surface area contributed by atoms with Crippen molar-refractivity contribution < 1.29 is 14.5 Å². The first-order valence-corrected chi connectivity index (χ1v) is 11.7. The van der Waals surface area contributed by atoms with Gasteiger partial charge in [-0.05, 0) is 55.8 Å². The number of hydrazone groups is 1. The average molecular weight is 492 g/mol. The molecule has 35 heavy (non-hydrogen) atoms. The van der Waals surface area contributed by atoms with Crippen molar-refractivity contribution in [1.29, 1.82) is 0 Å². The lowest BCUT2D eigenvalue weighted by molar-refractivity contribution is -0.380. The molecule has 2 amide bonds. The van der Waals surface area contributed by atoms with Crippen LogP contribution in [0.15, 0.2) is 77.5 Å². The van der Waals surface area contributed by atoms with E-state index in [2.05, 4.69) is 34.6 Å². The van der Waals surface area contributed by atoms with E-state index in [9.17, 15) is 19.7 Å². The van der Waals surface area contributed by atoms with Crippen LogP contribution in [0.25, 0.3) is 6.08 Å². The normalized spacial score (nSPS) is 11.3. The average Bonchev–Trinajstić information content (AvgIpc) is 3.35. The van der Waals surface area contributed by atoms with Gasteiger partial charge in [-0.2, -0.15) is 5.10 Å². The lowest BCUT2D eigenvalue weighted by Gasteiger charge is -2.20. The Bertz CT molecular complexity index is 1230. The zero-order valence-corrected chi connectivity index (χ0v) is 20.1. The first-order chi connectivity index (χ1) is 16.9. The molecular formula is C25H25N5O4S. The summed E-state index contributed by atoms with van der Waals surface area (Å²) >= 11 is 0.931. The predicted octanol–water partition coefficient (Wildman–Crippen LogP) is 4.42. The van der Waals surface area contributed by atoms with Gasteiger partial charge >= 0.3 is 5.00 Å². The molecule has 0 saturated carbocycles. The molecular weight excluding hydrogens is 466 g/mol. The zero-order chi connectivity index (χ0) is 25.2. The van der Waals surface area contributed by atoms with E-state index in [1.54, 1.807) is 36.4 Å². The van der Waals surface area contributed by atoms with Crippen LogP contribution in [-0.2, 0) is 4.79 Å². The number of hydrogen-bond acceptors (Lipinski definition) is 7. The van der Waals surface area contributed by atoms with E-state index in [4.69, 9.17) is 0 Å². The van der Waals surface area contributed by atoms with E-state index < -0.39 is 16.7 Å². The SMILES string of the molecule is CCN(CC)c1ccc(/C=C(/NC(=O)c2ccccc2)C(=O)N/N=C\c2ccc([N+](=O)[O-])s2)cc1. The summed E-state index contributed by atoms with van der Waals surface area (Å²) in [5, 5.41) is 17.3. The third-order valence-electron chi connectivity index (χ3n) is 5.01. The molecule has 3 rings (SSSR count). The second-order valence-corrected chi connectivity index (χ2v) is 8.37. The van der Waals surface area contributed by atoms with Crippen LogP contribution < -0.4 is 15.6 Å². The van der Waals surface area contributed by atoms with Gasteiger partial charge in [-0.1, -0.05) is 41.7 Å². The van der Waals surface area contributed by atoms with E-state index in [1.165, 1.54) is 18.3 Å². The molecule has 2 aromatic carbocycles. The van der Waals surface area contributed by atoms with Crippen molar-refractivity contribution in [2.24, 2.45) is 5.10 Å². The highest BCUT2D eigenvalue weighted by Crippen LogP contribution is 2.22. The Balaban J connectivity index is 1.81. The van der Waals surface area contributed by atoms with Gasteiger partial charge in [0, 0.05) is 30.4 Å². The van der Waals surface area contributed by atoms with Gasteiger partial charge in [0.25, 0.3) is 11.8 Å². The van der Waals surface area contributed by atoms with Crippen molar-refractivity contribution >= 4 is 46.1 Å². The van der Waals surface area contributed by atoms with Crippen LogP contribution in [0.3, 0.4) is 0 Å². The molecule has 0 unspecified atom stereocenters. The number of nitrogens with one attached hydrogen (secondary N) is 2. The number of carbonyl (C=O) groups excluding carboxylic acids is 2. The molecule has 1 aromatic heterocycles. The summed E-state index contributed by atoms with van der Waals surface area (Å²) in [6.07, 6.45) is 2.87. The van der Waals surface area contributed by atoms with Crippen LogP contribution in [0.1, 0.15) is 34.6 Å². The number of carbonyl (C=O) groups is 2. The Morgan fingerprint density at radius 1 is 1.03 bits per heavy atom. The highest BCUT2D eigenvalue weighted by atomic mass is 32.1. The molecule has 0 fully saturated rings. The molecule has 0 bridgehead atoms. The highest BCUT2D eigenvalue weighted by Gasteiger charge is 2.15. The number of anilines is 1. The van der Waals surface area contributed by atoms with E-state index in [1.807, 2.05) is 24.3 Å². The summed E-state index contributed by atoms with van der Waals surface area (Å²) in [6, 6.07) is 19.1. The fourth-order valence-electron chi connectivity index (χ4n) is 3.20. The molecule has 0 aliphatic rings. The summed E-state index contributed by atoms with van der Waals surface area (Å²) in [7, 11) is 0. The maximum atomic E-state index is 12.9. The Morgan fingerprint density at radius 2 is 1.71 bits per heavy atom. The van der Waals surface area contributed by atoms with Crippen molar-refractivity contribution in [2.45, 2.75) is 13.8 Å². The molecule has 0 radical (unpaired) electrons. The number of thiophene rings is 1. The largest absolute Gasteiger partial charge is 0.372 e. The third-order valence-corrected chi connectivity index (χ3v) is 5.98. The van der Waals surface area contributed by atoms with E-state index in [0.29, 0.717) is 10.4 Å². The summed E-state index contributed by atoms with van der Waals surface area (Å²) in [5.41, 5.74) is 4.55. The molecule has 0 aliphatic carbocycles. The quantitative estimate of drug-likeness (QED) is 0.188. The zero-order valence-electron chi connectivity index (χ0n) is 19.3. The highest BCUT2D eigenvalue weighted by molar-refractivity contribution is 7.16. The van der Waals surface area contributed by atoms with Crippen molar-refractivity contribution in [2.75, 3.05) is 18.0 Å². The Labute approximate surface area is 206 Å². The summed E-state index contributed by atoms with van der Waals surface area (Å²) in [4.78, 5) is 38.6. The third kappa shape index (κ3) is 7.08. The summed E-state index contributed by atoms with van der Waals surface area (Å²) < 4.78 is 0. The van der Waals surface area contributed by atoms with Gasteiger partial charge in [-0.15, -0.1) is 0 Å². The number of nitro groups is 1. The minimum atomic E-state index is -0.635. The standard InChI is InChI=1S/C25H25N5O4S/c1-3-29(4-2)20-12-10-18(11-13-20)16-22(27-24(31)19-8-6-5-7-9-19)25(32)28-26-17-21-14-15-23(35-21)30(33)34/h5-17H,3-4H2,1-2H3,(H,27,31)(H,28,32)/b22-16+,26-17-. The molecule has 0 aliphatic heterocycles. The van der Waals surface area contributed by atoms with Gasteiger partial charge in [-0.3, -0.25) is 19.7 Å². The van der Waals surface area contributed by atoms with Gasteiger partial charge in [0.05, 0.1) is 16.0 Å². The lowest BCUT2D eigenvalue weighted by atomic mass is 10.1. The van der Waals surface area contributed by atoms with Gasteiger partial charge < -0.3 is 10.2 Å². The Kier molecular flexibility index (Phi) is 8.85. The smallest absolute Gasteiger partial charge is 0.324 e. The molecule has 0 atom stereocenters. The van der Waals surface area contributed by atoms with Crippen LogP contribution in [0.4, 0.5) is 10.7 Å². The number of amides is 2. The van der Waals surface area contributed by atoms with E-state index in [0.717, 1.165) is 35.7 Å². The molecule has 0 spiro atoms. The van der Waals surface area contributed by atoms with Gasteiger partial charge in [0.2, 0.25) is 0 Å². The Hall–Kier alpha value is -4.31. The van der Waals surface area contributed by atoms with E-state index in [-0.39, 0.29) is 10.7 Å². The van der Waals surface area contributed by atoms with Gasteiger partial charge in [-0.25, -0.2) is 5.43 Å². The molecule has 180 valence electrons. The first kappa shape index (κ1) is 25.3. The molecule has 0 saturated heterocycles. The maximum absolute atomic E-state index is 12.9. The van der Waals surface area contributed by atoms with Crippen LogP contribution in [0.5, 0.6) is 0 Å². The van der Waals surface area contributed by atoms with E-state index >= 15 is 0 Å². The van der Waals surface area contributed by atoms with Crippen molar-refractivity contribution in [1.82, 2.24) is 10.7 Å². The second kappa shape index (κ2) is 12.2. The van der Waals surface area contributed by atoms with Gasteiger partial charge in [0.15, 0.2) is 0 Å². The van der Waals surface area contributed by atoms with Crippen molar-refractivity contribution in [3.8, 4) is 0 Å². The van der Waals surface area contributed by atoms with Crippen LogP contribution in [-0.4, -0.2) is 36.0 Å². The molecule has 10 heteroatoms. The number of rotatable bonds is 10. The lowest BCUT2D eigenvalue weighted by Crippen LogP contribution is -2.32. The van der Waals surface area contributed by atoms with Crippen molar-refractivity contribution in [3.63, 3.8) is 0 Å². The monoisotopic (exact) mass is 491 g/mol. The molecule has 2 N–H and O–H groups in total. The molecule has 3 aromatic rings. The maximum Gasteiger partial charge on any atom is 0.324 e. The number of benzene rings is 2.